The Bertz CT molecular complexity index is 906. The number of hydrogen-bond donors (Lipinski definition) is 0. The maximum atomic E-state index is 12.3. The molecule has 0 radical (unpaired) electrons. The zero-order valence-electron chi connectivity index (χ0n) is 12.8. The zero-order chi connectivity index (χ0) is 17.9. The molecule has 0 bridgehead atoms. The highest BCUT2D eigenvalue weighted by Gasteiger charge is 2.22. The summed E-state index contributed by atoms with van der Waals surface area (Å²) in [5.41, 5.74) is 0.106. The summed E-state index contributed by atoms with van der Waals surface area (Å²) >= 11 is 0. The molecule has 0 spiro atoms. The smallest absolute Gasteiger partial charge is 0.339 e. The third-order valence-electron chi connectivity index (χ3n) is 3.13. The Morgan fingerprint density at radius 1 is 1.17 bits per heavy atom. The van der Waals surface area contributed by atoms with E-state index in [1.165, 1.54) is 50.4 Å². The number of benzene rings is 2. The van der Waals surface area contributed by atoms with E-state index in [1.807, 2.05) is 0 Å². The second-order valence-corrected chi connectivity index (χ2v) is 6.31. The van der Waals surface area contributed by atoms with Crippen LogP contribution >= 0.6 is 0 Å². The molecule has 0 aliphatic rings. The second kappa shape index (κ2) is 6.67. The Morgan fingerprint density at radius 2 is 1.88 bits per heavy atom. The summed E-state index contributed by atoms with van der Waals surface area (Å²) < 4.78 is 34.0. The largest absolute Gasteiger partial charge is 0.465 e. The summed E-state index contributed by atoms with van der Waals surface area (Å²) in [5, 5.41) is 10.9. The standard InChI is InChI=1S/C15H13NO7S/c1-10-6-7-13(9-14(10)16(18)19)24(20,21)23-12-5-3-4-11(8-12)15(17)22-2/h3-9H,1-2H3. The van der Waals surface area contributed by atoms with Gasteiger partial charge in [0.05, 0.1) is 17.6 Å². The molecular weight excluding hydrogens is 338 g/mol. The van der Waals surface area contributed by atoms with Gasteiger partial charge in [0.25, 0.3) is 5.69 Å². The molecule has 0 aliphatic carbocycles. The minimum absolute atomic E-state index is 0.110. The maximum Gasteiger partial charge on any atom is 0.339 e. The van der Waals surface area contributed by atoms with E-state index < -0.39 is 21.0 Å². The van der Waals surface area contributed by atoms with E-state index in [4.69, 9.17) is 4.18 Å². The van der Waals surface area contributed by atoms with Gasteiger partial charge in [0.1, 0.15) is 10.6 Å². The van der Waals surface area contributed by atoms with E-state index in [-0.39, 0.29) is 21.9 Å². The van der Waals surface area contributed by atoms with Crippen molar-refractivity contribution in [3.05, 3.63) is 63.7 Å². The summed E-state index contributed by atoms with van der Waals surface area (Å²) in [7, 11) is -3.10. The second-order valence-electron chi connectivity index (χ2n) is 4.76. The third-order valence-corrected chi connectivity index (χ3v) is 4.37. The van der Waals surface area contributed by atoms with E-state index >= 15 is 0 Å². The molecule has 2 aromatic carbocycles. The summed E-state index contributed by atoms with van der Waals surface area (Å²) in [6.45, 7) is 1.50. The Morgan fingerprint density at radius 3 is 2.50 bits per heavy atom. The van der Waals surface area contributed by atoms with Crippen LogP contribution in [0.3, 0.4) is 0 Å². The molecule has 2 aromatic rings. The number of carbonyl (C=O) groups excluding carboxylic acids is 1. The number of nitrogens with zero attached hydrogens (tertiary/aromatic N) is 1. The van der Waals surface area contributed by atoms with Gasteiger partial charge in [-0.05, 0) is 31.2 Å². The number of nitro groups is 1. The number of methoxy groups -OCH3 is 1. The lowest BCUT2D eigenvalue weighted by molar-refractivity contribution is -0.385. The Labute approximate surface area is 137 Å². The lowest BCUT2D eigenvalue weighted by Crippen LogP contribution is -2.11. The number of ether oxygens (including phenoxy) is 1. The Kier molecular flexibility index (Phi) is 4.84. The first-order chi connectivity index (χ1) is 11.2. The van der Waals surface area contributed by atoms with Crippen LogP contribution in [0.1, 0.15) is 15.9 Å². The highest BCUT2D eigenvalue weighted by Crippen LogP contribution is 2.25. The average Bonchev–Trinajstić information content (AvgIpc) is 2.53. The van der Waals surface area contributed by atoms with Crippen LogP contribution in [-0.2, 0) is 14.9 Å². The normalized spacial score (nSPS) is 10.9. The minimum Gasteiger partial charge on any atom is -0.465 e. The molecule has 0 amide bonds. The van der Waals surface area contributed by atoms with Crippen LogP contribution in [0.25, 0.3) is 0 Å². The number of hydrogen-bond acceptors (Lipinski definition) is 7. The predicted octanol–water partition coefficient (Wildman–Crippen LogP) is 2.46. The van der Waals surface area contributed by atoms with Gasteiger partial charge < -0.3 is 8.92 Å². The van der Waals surface area contributed by atoms with Gasteiger partial charge in [-0.15, -0.1) is 0 Å². The Hall–Kier alpha value is -2.94. The van der Waals surface area contributed by atoms with Crippen LogP contribution in [0, 0.1) is 17.0 Å². The summed E-state index contributed by atoms with van der Waals surface area (Å²) in [6, 6.07) is 8.85. The molecule has 24 heavy (non-hydrogen) atoms. The van der Waals surface area contributed by atoms with Gasteiger partial charge in [-0.2, -0.15) is 8.42 Å². The van der Waals surface area contributed by atoms with Gasteiger partial charge in [0, 0.05) is 11.6 Å². The number of nitro benzene ring substituents is 1. The average molecular weight is 351 g/mol. The molecule has 0 aromatic heterocycles. The van der Waals surface area contributed by atoms with Crippen LogP contribution in [0.15, 0.2) is 47.4 Å². The van der Waals surface area contributed by atoms with Crippen molar-refractivity contribution in [3.8, 4) is 5.75 Å². The van der Waals surface area contributed by atoms with Gasteiger partial charge in [-0.1, -0.05) is 12.1 Å². The molecule has 0 saturated heterocycles. The van der Waals surface area contributed by atoms with Crippen LogP contribution in [0.2, 0.25) is 0 Å². The summed E-state index contributed by atoms with van der Waals surface area (Å²) in [6.07, 6.45) is 0. The molecule has 0 aliphatic heterocycles. The molecule has 2 rings (SSSR count). The lowest BCUT2D eigenvalue weighted by Gasteiger charge is -2.08. The summed E-state index contributed by atoms with van der Waals surface area (Å²) in [5.74, 6) is -0.759. The molecule has 0 atom stereocenters. The number of aryl methyl sites for hydroxylation is 1. The fraction of sp³-hybridized carbons (Fsp3) is 0.133. The van der Waals surface area contributed by atoms with Crippen LogP contribution < -0.4 is 4.18 Å². The quantitative estimate of drug-likeness (QED) is 0.352. The monoisotopic (exact) mass is 351 g/mol. The van der Waals surface area contributed by atoms with E-state index in [0.717, 1.165) is 6.07 Å². The molecule has 0 N–H and O–H groups in total. The van der Waals surface area contributed by atoms with Crippen LogP contribution in [-0.4, -0.2) is 26.4 Å². The highest BCUT2D eigenvalue weighted by atomic mass is 32.2. The number of rotatable bonds is 5. The molecule has 0 heterocycles. The fourth-order valence-electron chi connectivity index (χ4n) is 1.91. The molecule has 8 nitrogen and oxygen atoms in total. The first-order valence-corrected chi connectivity index (χ1v) is 8.03. The lowest BCUT2D eigenvalue weighted by atomic mass is 10.2. The molecule has 9 heteroatoms. The zero-order valence-corrected chi connectivity index (χ0v) is 13.6. The van der Waals surface area contributed by atoms with Crippen molar-refractivity contribution < 1.29 is 27.1 Å². The minimum atomic E-state index is -4.29. The van der Waals surface area contributed by atoms with Crippen molar-refractivity contribution >= 4 is 21.8 Å². The van der Waals surface area contributed by atoms with Gasteiger partial charge in [-0.25, -0.2) is 4.79 Å². The molecule has 126 valence electrons. The van der Waals surface area contributed by atoms with Gasteiger partial charge >= 0.3 is 16.1 Å². The molecule has 0 unspecified atom stereocenters. The first-order valence-electron chi connectivity index (χ1n) is 6.62. The van der Waals surface area contributed by atoms with Crippen molar-refractivity contribution in [2.45, 2.75) is 11.8 Å². The SMILES string of the molecule is COC(=O)c1cccc(OS(=O)(=O)c2ccc(C)c([N+](=O)[O-])c2)c1. The van der Waals surface area contributed by atoms with Gasteiger partial charge in [-0.3, -0.25) is 10.1 Å². The van der Waals surface area contributed by atoms with Crippen molar-refractivity contribution in [2.75, 3.05) is 7.11 Å². The summed E-state index contributed by atoms with van der Waals surface area (Å²) in [4.78, 5) is 21.4. The number of esters is 1. The topological polar surface area (TPSA) is 113 Å². The first kappa shape index (κ1) is 17.4. The maximum absolute atomic E-state index is 12.3. The van der Waals surface area contributed by atoms with Crippen LogP contribution in [0.5, 0.6) is 5.75 Å². The van der Waals surface area contributed by atoms with Crippen molar-refractivity contribution in [1.82, 2.24) is 0 Å². The predicted molar refractivity (Wildman–Crippen MR) is 83.4 cm³/mol. The fourth-order valence-corrected chi connectivity index (χ4v) is 2.85. The van der Waals surface area contributed by atoms with Gasteiger partial charge in [0.15, 0.2) is 0 Å². The van der Waals surface area contributed by atoms with E-state index in [1.54, 1.807) is 0 Å². The molecule has 0 saturated carbocycles. The van der Waals surface area contributed by atoms with Crippen molar-refractivity contribution in [3.63, 3.8) is 0 Å². The third kappa shape index (κ3) is 3.69. The van der Waals surface area contributed by atoms with Crippen molar-refractivity contribution in [1.29, 1.82) is 0 Å². The van der Waals surface area contributed by atoms with E-state index in [2.05, 4.69) is 4.74 Å². The van der Waals surface area contributed by atoms with E-state index in [9.17, 15) is 23.3 Å². The number of carbonyl (C=O) groups is 1. The van der Waals surface area contributed by atoms with Crippen molar-refractivity contribution in [2.24, 2.45) is 0 Å². The van der Waals surface area contributed by atoms with E-state index in [0.29, 0.717) is 5.56 Å². The Balaban J connectivity index is 2.37. The molecule has 0 fully saturated rings. The van der Waals surface area contributed by atoms with Gasteiger partial charge in [0.2, 0.25) is 0 Å². The van der Waals surface area contributed by atoms with Crippen LogP contribution in [0.4, 0.5) is 5.69 Å². The molecular formula is C15H13NO7S. The highest BCUT2D eigenvalue weighted by molar-refractivity contribution is 7.87.